The van der Waals surface area contributed by atoms with E-state index in [1.54, 1.807) is 13.2 Å². The Kier molecular flexibility index (Phi) is 3.44. The van der Waals surface area contributed by atoms with Crippen molar-refractivity contribution < 1.29 is 9.26 Å². The molecule has 1 saturated carbocycles. The van der Waals surface area contributed by atoms with Crippen LogP contribution in [0.3, 0.4) is 0 Å². The van der Waals surface area contributed by atoms with E-state index in [-0.39, 0.29) is 5.92 Å². The Morgan fingerprint density at radius 3 is 3.00 bits per heavy atom. The standard InChI is InChI=1S/C16H15N3O2/c1-3-10-4-7-13(14(8-10)20-2)15-18-16(21-19-15)11-5-6-12(17)9-11/h1,4,7-8,11,17H,5-6,9H2,2H3. The molecule has 1 unspecified atom stereocenters. The largest absolute Gasteiger partial charge is 0.496 e. The number of nitrogens with one attached hydrogen (secondary N) is 1. The highest BCUT2D eigenvalue weighted by Gasteiger charge is 2.27. The fourth-order valence-electron chi connectivity index (χ4n) is 2.54. The van der Waals surface area contributed by atoms with Crippen molar-refractivity contribution in [3.63, 3.8) is 0 Å². The van der Waals surface area contributed by atoms with Crippen molar-refractivity contribution in [2.45, 2.75) is 25.2 Å². The third kappa shape index (κ3) is 2.52. The molecule has 21 heavy (non-hydrogen) atoms. The molecule has 1 fully saturated rings. The fraction of sp³-hybridized carbons (Fsp3) is 0.312. The Balaban J connectivity index is 1.93. The summed E-state index contributed by atoms with van der Waals surface area (Å²) in [4.78, 5) is 4.45. The smallest absolute Gasteiger partial charge is 0.230 e. The van der Waals surface area contributed by atoms with E-state index in [2.05, 4.69) is 16.1 Å². The molecule has 0 saturated heterocycles. The minimum atomic E-state index is 0.162. The highest BCUT2D eigenvalue weighted by Crippen LogP contribution is 2.34. The Morgan fingerprint density at radius 2 is 2.33 bits per heavy atom. The number of hydrogen-bond acceptors (Lipinski definition) is 5. The maximum absolute atomic E-state index is 7.68. The number of benzene rings is 1. The molecule has 5 heteroatoms. The Bertz CT molecular complexity index is 727. The van der Waals surface area contributed by atoms with Crippen LogP contribution in [0, 0.1) is 17.8 Å². The first kappa shape index (κ1) is 13.4. The Labute approximate surface area is 122 Å². The van der Waals surface area contributed by atoms with Crippen molar-refractivity contribution >= 4 is 5.71 Å². The molecule has 0 bridgehead atoms. The zero-order valence-corrected chi connectivity index (χ0v) is 11.7. The summed E-state index contributed by atoms with van der Waals surface area (Å²) in [5.41, 5.74) is 2.24. The number of ether oxygens (including phenoxy) is 1. The van der Waals surface area contributed by atoms with E-state index in [1.165, 1.54) is 0 Å². The van der Waals surface area contributed by atoms with Crippen LogP contribution in [-0.2, 0) is 0 Å². The molecule has 2 aromatic rings. The van der Waals surface area contributed by atoms with Gasteiger partial charge in [0.1, 0.15) is 5.75 Å². The molecular weight excluding hydrogens is 266 g/mol. The number of hydrogen-bond donors (Lipinski definition) is 1. The molecule has 1 aromatic heterocycles. The molecule has 1 N–H and O–H groups in total. The lowest BCUT2D eigenvalue weighted by molar-refractivity contribution is 0.356. The van der Waals surface area contributed by atoms with Crippen LogP contribution in [-0.4, -0.2) is 23.0 Å². The molecule has 1 aromatic carbocycles. The van der Waals surface area contributed by atoms with Crippen LogP contribution in [0.1, 0.15) is 36.6 Å². The van der Waals surface area contributed by atoms with Gasteiger partial charge in [-0.05, 0) is 37.5 Å². The maximum atomic E-state index is 7.68. The zero-order chi connectivity index (χ0) is 14.8. The van der Waals surface area contributed by atoms with Gasteiger partial charge in [-0.1, -0.05) is 11.1 Å². The number of aromatic nitrogens is 2. The topological polar surface area (TPSA) is 72.0 Å². The normalized spacial score (nSPS) is 17.7. The van der Waals surface area contributed by atoms with E-state index < -0.39 is 0 Å². The van der Waals surface area contributed by atoms with Gasteiger partial charge >= 0.3 is 0 Å². The van der Waals surface area contributed by atoms with Gasteiger partial charge in [-0.3, -0.25) is 0 Å². The van der Waals surface area contributed by atoms with Crippen molar-refractivity contribution in [3.05, 3.63) is 29.7 Å². The highest BCUT2D eigenvalue weighted by atomic mass is 16.5. The average molecular weight is 281 g/mol. The number of rotatable bonds is 3. The predicted octanol–water partition coefficient (Wildman–Crippen LogP) is 3.01. The van der Waals surface area contributed by atoms with Crippen LogP contribution in [0.2, 0.25) is 0 Å². The summed E-state index contributed by atoms with van der Waals surface area (Å²) in [5.74, 6) is 4.43. The molecule has 0 aliphatic heterocycles. The second-order valence-corrected chi connectivity index (χ2v) is 5.06. The molecule has 1 aliphatic rings. The molecular formula is C16H15N3O2. The van der Waals surface area contributed by atoms with Gasteiger partial charge in [0.25, 0.3) is 0 Å². The first-order valence-electron chi connectivity index (χ1n) is 6.76. The summed E-state index contributed by atoms with van der Waals surface area (Å²) in [6.45, 7) is 0. The summed E-state index contributed by atoms with van der Waals surface area (Å²) in [5, 5.41) is 11.7. The van der Waals surface area contributed by atoms with Gasteiger partial charge in [-0.25, -0.2) is 0 Å². The monoisotopic (exact) mass is 281 g/mol. The Hall–Kier alpha value is -2.61. The first-order valence-corrected chi connectivity index (χ1v) is 6.76. The predicted molar refractivity (Wildman–Crippen MR) is 78.5 cm³/mol. The van der Waals surface area contributed by atoms with Crippen molar-refractivity contribution in [1.29, 1.82) is 5.41 Å². The van der Waals surface area contributed by atoms with Crippen molar-refractivity contribution in [2.24, 2.45) is 0 Å². The van der Waals surface area contributed by atoms with Crippen LogP contribution in [0.5, 0.6) is 5.75 Å². The van der Waals surface area contributed by atoms with Gasteiger partial charge in [0.05, 0.1) is 12.7 Å². The highest BCUT2D eigenvalue weighted by molar-refractivity contribution is 5.84. The summed E-state index contributed by atoms with van der Waals surface area (Å²) in [6, 6.07) is 5.43. The third-order valence-corrected chi connectivity index (χ3v) is 3.69. The van der Waals surface area contributed by atoms with Crippen molar-refractivity contribution in [2.75, 3.05) is 7.11 Å². The molecule has 0 radical (unpaired) electrons. The molecule has 0 spiro atoms. The summed E-state index contributed by atoms with van der Waals surface area (Å²) < 4.78 is 10.7. The second-order valence-electron chi connectivity index (χ2n) is 5.06. The van der Waals surface area contributed by atoms with Gasteiger partial charge < -0.3 is 14.7 Å². The number of nitrogens with zero attached hydrogens (tertiary/aromatic N) is 2. The molecule has 1 atom stereocenters. The van der Waals surface area contributed by atoms with Crippen LogP contribution in [0.4, 0.5) is 0 Å². The molecule has 5 nitrogen and oxygen atoms in total. The van der Waals surface area contributed by atoms with E-state index in [4.69, 9.17) is 21.1 Å². The number of terminal acetylenes is 1. The van der Waals surface area contributed by atoms with E-state index in [1.807, 2.05) is 12.1 Å². The number of methoxy groups -OCH3 is 1. The van der Waals surface area contributed by atoms with Crippen molar-refractivity contribution in [3.8, 4) is 29.5 Å². The minimum Gasteiger partial charge on any atom is -0.496 e. The van der Waals surface area contributed by atoms with E-state index in [0.29, 0.717) is 23.9 Å². The van der Waals surface area contributed by atoms with Gasteiger partial charge in [-0.15, -0.1) is 6.42 Å². The van der Waals surface area contributed by atoms with E-state index in [0.717, 1.165) is 29.7 Å². The second kappa shape index (κ2) is 5.41. The minimum absolute atomic E-state index is 0.162. The molecule has 1 aliphatic carbocycles. The summed E-state index contributed by atoms with van der Waals surface area (Å²) in [6.07, 6.45) is 7.79. The maximum Gasteiger partial charge on any atom is 0.230 e. The van der Waals surface area contributed by atoms with Crippen LogP contribution < -0.4 is 4.74 Å². The Morgan fingerprint density at radius 1 is 1.48 bits per heavy atom. The van der Waals surface area contributed by atoms with E-state index in [9.17, 15) is 0 Å². The molecule has 106 valence electrons. The fourth-order valence-corrected chi connectivity index (χ4v) is 2.54. The SMILES string of the molecule is C#Cc1ccc(-c2noc(C3CCC(=N)C3)n2)c(OC)c1. The van der Waals surface area contributed by atoms with E-state index >= 15 is 0 Å². The molecule has 3 rings (SSSR count). The third-order valence-electron chi connectivity index (χ3n) is 3.69. The molecule has 1 heterocycles. The van der Waals surface area contributed by atoms with Crippen LogP contribution >= 0.6 is 0 Å². The van der Waals surface area contributed by atoms with Gasteiger partial charge in [-0.2, -0.15) is 4.98 Å². The van der Waals surface area contributed by atoms with Gasteiger partial charge in [0, 0.05) is 17.2 Å². The lowest BCUT2D eigenvalue weighted by atomic mass is 10.1. The summed E-state index contributed by atoms with van der Waals surface area (Å²) >= 11 is 0. The molecule has 0 amide bonds. The summed E-state index contributed by atoms with van der Waals surface area (Å²) in [7, 11) is 1.58. The quantitative estimate of drug-likeness (QED) is 0.878. The van der Waals surface area contributed by atoms with Crippen LogP contribution in [0.25, 0.3) is 11.4 Å². The van der Waals surface area contributed by atoms with Gasteiger partial charge in [0.2, 0.25) is 11.7 Å². The van der Waals surface area contributed by atoms with Crippen molar-refractivity contribution in [1.82, 2.24) is 10.1 Å². The first-order chi connectivity index (χ1) is 10.2. The van der Waals surface area contributed by atoms with Crippen LogP contribution in [0.15, 0.2) is 22.7 Å². The average Bonchev–Trinajstić information content (AvgIpc) is 3.15. The lowest BCUT2D eigenvalue weighted by Crippen LogP contribution is -1.95. The zero-order valence-electron chi connectivity index (χ0n) is 11.7. The lowest BCUT2D eigenvalue weighted by Gasteiger charge is -2.05. The van der Waals surface area contributed by atoms with Gasteiger partial charge in [0.15, 0.2) is 0 Å².